The van der Waals surface area contributed by atoms with E-state index in [2.05, 4.69) is 30.3 Å². The summed E-state index contributed by atoms with van der Waals surface area (Å²) in [6.07, 6.45) is 13.1. The minimum absolute atomic E-state index is 0.0107. The number of Topliss-reactive ketones (excluding diaryl/α,β-unsaturated/α-hetero) is 1. The summed E-state index contributed by atoms with van der Waals surface area (Å²) < 4.78 is 5.92. The number of aryl methyl sites for hydroxylation is 1. The van der Waals surface area contributed by atoms with Gasteiger partial charge in [-0.1, -0.05) is 92.6 Å². The molecule has 3 heteroatoms. The summed E-state index contributed by atoms with van der Waals surface area (Å²) >= 11 is 6.01. The first-order valence-corrected chi connectivity index (χ1v) is 13.0. The largest absolute Gasteiger partial charge is 0.373 e. The van der Waals surface area contributed by atoms with E-state index in [9.17, 15) is 4.79 Å². The van der Waals surface area contributed by atoms with Crippen LogP contribution >= 0.6 is 11.6 Å². The van der Waals surface area contributed by atoms with Gasteiger partial charge in [0.15, 0.2) is 0 Å². The third-order valence-corrected chi connectivity index (χ3v) is 7.88. The average Bonchev–Trinajstić information content (AvgIpc) is 3.31. The molecule has 0 aromatic heterocycles. The van der Waals surface area contributed by atoms with Crippen molar-refractivity contribution in [2.75, 3.05) is 6.61 Å². The molecule has 0 unspecified atom stereocenters. The Kier molecular flexibility index (Phi) is 8.82. The van der Waals surface area contributed by atoms with E-state index in [1.54, 1.807) is 0 Å². The van der Waals surface area contributed by atoms with Crippen molar-refractivity contribution < 1.29 is 9.53 Å². The zero-order chi connectivity index (χ0) is 22.2. The Hall–Kier alpha value is -1.64. The van der Waals surface area contributed by atoms with Gasteiger partial charge >= 0.3 is 0 Å². The molecule has 2 nitrogen and oxygen atoms in total. The van der Waals surface area contributed by atoms with Gasteiger partial charge in [-0.3, -0.25) is 4.79 Å². The van der Waals surface area contributed by atoms with Gasteiger partial charge in [-0.15, -0.1) is 0 Å². The molecule has 1 aliphatic carbocycles. The fraction of sp³-hybridized carbons (Fsp3) is 0.552. The predicted octanol–water partition coefficient (Wildman–Crippen LogP) is 7.99. The minimum atomic E-state index is -0.0916. The summed E-state index contributed by atoms with van der Waals surface area (Å²) in [5, 5.41) is 0.723. The van der Waals surface area contributed by atoms with E-state index in [0.29, 0.717) is 18.8 Å². The summed E-state index contributed by atoms with van der Waals surface area (Å²) in [5.41, 5.74) is 2.55. The Morgan fingerprint density at radius 1 is 0.844 bits per heavy atom. The maximum Gasteiger partial charge on any atom is 0.139 e. The Balaban J connectivity index is 1.12. The molecule has 2 atom stereocenters. The zero-order valence-electron chi connectivity index (χ0n) is 19.2. The Bertz CT molecular complexity index is 824. The average molecular weight is 453 g/mol. The number of hydrogen-bond acceptors (Lipinski definition) is 2. The van der Waals surface area contributed by atoms with E-state index >= 15 is 0 Å². The van der Waals surface area contributed by atoms with Crippen LogP contribution in [0.3, 0.4) is 0 Å². The lowest BCUT2D eigenvalue weighted by Crippen LogP contribution is -2.19. The molecule has 2 aliphatic rings. The summed E-state index contributed by atoms with van der Waals surface area (Å²) in [7, 11) is 0. The molecule has 2 aromatic rings. The summed E-state index contributed by atoms with van der Waals surface area (Å²) in [5.74, 6) is 2.13. The highest BCUT2D eigenvalue weighted by Crippen LogP contribution is 2.38. The van der Waals surface area contributed by atoms with E-state index in [1.165, 1.54) is 56.9 Å². The van der Waals surface area contributed by atoms with Gasteiger partial charge in [-0.25, -0.2) is 0 Å². The maximum atomic E-state index is 12.9. The van der Waals surface area contributed by atoms with Crippen LogP contribution in [0.4, 0.5) is 0 Å². The van der Waals surface area contributed by atoms with Gasteiger partial charge in [-0.05, 0) is 60.8 Å². The Labute approximate surface area is 198 Å². The van der Waals surface area contributed by atoms with Gasteiger partial charge in [-0.2, -0.15) is 0 Å². The molecule has 0 bridgehead atoms. The highest BCUT2D eigenvalue weighted by Gasteiger charge is 2.34. The maximum absolute atomic E-state index is 12.9. The van der Waals surface area contributed by atoms with Gasteiger partial charge in [0.05, 0.1) is 12.0 Å². The molecule has 1 saturated carbocycles. The highest BCUT2D eigenvalue weighted by molar-refractivity contribution is 6.30. The first-order valence-electron chi connectivity index (χ1n) is 12.6. The zero-order valence-corrected chi connectivity index (χ0v) is 19.9. The molecule has 0 spiro atoms. The van der Waals surface area contributed by atoms with Crippen LogP contribution in [-0.2, 0) is 16.0 Å². The Morgan fingerprint density at radius 3 is 2.19 bits per heavy atom. The van der Waals surface area contributed by atoms with E-state index in [0.717, 1.165) is 35.3 Å². The predicted molar refractivity (Wildman–Crippen MR) is 132 cm³/mol. The van der Waals surface area contributed by atoms with E-state index < -0.39 is 0 Å². The second-order valence-electron chi connectivity index (χ2n) is 9.86. The molecule has 1 aliphatic heterocycles. The highest BCUT2D eigenvalue weighted by atomic mass is 35.5. The Morgan fingerprint density at radius 2 is 1.50 bits per heavy atom. The van der Waals surface area contributed by atoms with Crippen LogP contribution in [-0.4, -0.2) is 12.4 Å². The molecule has 0 N–H and O–H groups in total. The summed E-state index contributed by atoms with van der Waals surface area (Å²) in [6, 6.07) is 18.6. The SMILES string of the molecule is O=C(CCCC1CCC(CCCc2ccccc2)CC1)[C@H]1CCO[C@@H]1c1ccc(Cl)cc1. The molecule has 0 radical (unpaired) electrons. The summed E-state index contributed by atoms with van der Waals surface area (Å²) in [6.45, 7) is 0.679. The first-order chi connectivity index (χ1) is 15.7. The van der Waals surface area contributed by atoms with E-state index in [-0.39, 0.29) is 12.0 Å². The molecule has 172 valence electrons. The van der Waals surface area contributed by atoms with Gasteiger partial charge in [0.2, 0.25) is 0 Å². The number of ether oxygens (including phenoxy) is 1. The third kappa shape index (κ3) is 6.68. The van der Waals surface area contributed by atoms with Crippen molar-refractivity contribution in [2.45, 2.75) is 76.7 Å². The van der Waals surface area contributed by atoms with Gasteiger partial charge in [0, 0.05) is 18.1 Å². The van der Waals surface area contributed by atoms with E-state index in [1.807, 2.05) is 24.3 Å². The molecule has 32 heavy (non-hydrogen) atoms. The number of rotatable bonds is 10. The normalized spacial score (nSPS) is 25.7. The van der Waals surface area contributed by atoms with Crippen molar-refractivity contribution in [1.29, 1.82) is 0 Å². The van der Waals surface area contributed by atoms with E-state index in [4.69, 9.17) is 16.3 Å². The van der Waals surface area contributed by atoms with Crippen LogP contribution < -0.4 is 0 Å². The smallest absolute Gasteiger partial charge is 0.139 e. The lowest BCUT2D eigenvalue weighted by Gasteiger charge is -2.28. The van der Waals surface area contributed by atoms with Gasteiger partial charge < -0.3 is 4.74 Å². The van der Waals surface area contributed by atoms with Crippen LogP contribution in [0.5, 0.6) is 0 Å². The standard InChI is InChI=1S/C29H37ClO2/c30-26-18-16-25(17-19-26)29-27(20-21-32-29)28(31)11-5-10-24-14-12-23(13-15-24)9-4-8-22-6-2-1-3-7-22/h1-3,6-7,16-19,23-24,27,29H,4-5,8-15,20-21H2/t23?,24?,27-,29-/m1/s1. The molecule has 2 fully saturated rings. The van der Waals surface area contributed by atoms with Crippen molar-refractivity contribution >= 4 is 17.4 Å². The van der Waals surface area contributed by atoms with Crippen molar-refractivity contribution in [2.24, 2.45) is 17.8 Å². The van der Waals surface area contributed by atoms with Gasteiger partial charge in [0.1, 0.15) is 5.78 Å². The van der Waals surface area contributed by atoms with Crippen molar-refractivity contribution in [3.05, 3.63) is 70.7 Å². The topological polar surface area (TPSA) is 26.3 Å². The lowest BCUT2D eigenvalue weighted by molar-refractivity contribution is -0.124. The molecule has 1 saturated heterocycles. The fourth-order valence-electron chi connectivity index (χ4n) is 5.70. The van der Waals surface area contributed by atoms with Crippen molar-refractivity contribution in [1.82, 2.24) is 0 Å². The number of carbonyl (C=O) groups is 1. The summed E-state index contributed by atoms with van der Waals surface area (Å²) in [4.78, 5) is 12.9. The lowest BCUT2D eigenvalue weighted by atomic mass is 9.77. The van der Waals surface area contributed by atoms with Crippen LogP contribution in [0.15, 0.2) is 54.6 Å². The van der Waals surface area contributed by atoms with Crippen molar-refractivity contribution in [3.8, 4) is 0 Å². The quantitative estimate of drug-likeness (QED) is 0.365. The number of halogens is 1. The number of benzene rings is 2. The first kappa shape index (κ1) is 23.5. The minimum Gasteiger partial charge on any atom is -0.373 e. The van der Waals surface area contributed by atoms with Crippen LogP contribution in [0.2, 0.25) is 5.02 Å². The monoisotopic (exact) mass is 452 g/mol. The molecule has 4 rings (SSSR count). The molecular formula is C29H37ClO2. The molecule has 2 aromatic carbocycles. The van der Waals surface area contributed by atoms with Crippen LogP contribution in [0, 0.1) is 17.8 Å². The van der Waals surface area contributed by atoms with Crippen LogP contribution in [0.1, 0.15) is 81.4 Å². The van der Waals surface area contributed by atoms with Gasteiger partial charge in [0.25, 0.3) is 0 Å². The fourth-order valence-corrected chi connectivity index (χ4v) is 5.83. The number of hydrogen-bond donors (Lipinski definition) is 0. The number of carbonyl (C=O) groups excluding carboxylic acids is 1. The van der Waals surface area contributed by atoms with Crippen molar-refractivity contribution in [3.63, 3.8) is 0 Å². The molecule has 1 heterocycles. The second-order valence-corrected chi connectivity index (χ2v) is 10.3. The number of ketones is 1. The molecule has 0 amide bonds. The van der Waals surface area contributed by atoms with Crippen LogP contribution in [0.25, 0.3) is 0 Å². The molecular weight excluding hydrogens is 416 g/mol. The third-order valence-electron chi connectivity index (χ3n) is 7.63. The second kappa shape index (κ2) is 12.0.